The molecule has 0 spiro atoms. The second-order valence-corrected chi connectivity index (χ2v) is 4.42. The second kappa shape index (κ2) is 6.09. The number of thiophene rings is 1. The molecule has 0 bridgehead atoms. The maximum Gasteiger partial charge on any atom is 0.246 e. The van der Waals surface area contributed by atoms with Crippen LogP contribution in [0.25, 0.3) is 6.08 Å². The molecule has 0 radical (unpaired) electrons. The van der Waals surface area contributed by atoms with Crippen molar-refractivity contribution in [2.24, 2.45) is 5.92 Å². The van der Waals surface area contributed by atoms with Crippen molar-refractivity contribution in [3.63, 3.8) is 0 Å². The van der Waals surface area contributed by atoms with Gasteiger partial charge in [0.1, 0.15) is 0 Å². The first-order chi connectivity index (χ1) is 7.63. The van der Waals surface area contributed by atoms with E-state index in [4.69, 9.17) is 5.26 Å². The number of amides is 1. The maximum absolute atomic E-state index is 11.6. The monoisotopic (exact) mass is 234 g/mol. The molecule has 1 atom stereocenters. The van der Waals surface area contributed by atoms with E-state index in [1.807, 2.05) is 16.8 Å². The molecule has 1 aromatic rings. The normalized spacial score (nSPS) is 12.3. The van der Waals surface area contributed by atoms with Crippen LogP contribution in [0.3, 0.4) is 0 Å². The molecule has 4 heteroatoms. The van der Waals surface area contributed by atoms with Crippen LogP contribution in [-0.2, 0) is 4.79 Å². The van der Waals surface area contributed by atoms with Gasteiger partial charge in [0.15, 0.2) is 0 Å². The van der Waals surface area contributed by atoms with E-state index < -0.39 is 0 Å². The highest BCUT2D eigenvalue weighted by molar-refractivity contribution is 7.08. The fourth-order valence-corrected chi connectivity index (χ4v) is 1.83. The van der Waals surface area contributed by atoms with Crippen LogP contribution in [0.5, 0.6) is 0 Å². The molecule has 0 aliphatic heterocycles. The summed E-state index contributed by atoms with van der Waals surface area (Å²) in [6.07, 6.45) is 3.32. The summed E-state index contributed by atoms with van der Waals surface area (Å²) in [5.74, 6) is -0.211. The van der Waals surface area contributed by atoms with Crippen molar-refractivity contribution < 1.29 is 4.79 Å². The van der Waals surface area contributed by atoms with Crippen LogP contribution in [0, 0.1) is 17.2 Å². The fourth-order valence-electron chi connectivity index (χ4n) is 1.21. The van der Waals surface area contributed by atoms with Crippen LogP contribution < -0.4 is 0 Å². The van der Waals surface area contributed by atoms with Crippen molar-refractivity contribution in [3.05, 3.63) is 28.5 Å². The number of nitrogens with zero attached hydrogens (tertiary/aromatic N) is 2. The molecule has 3 nitrogen and oxygen atoms in total. The van der Waals surface area contributed by atoms with Gasteiger partial charge in [-0.1, -0.05) is 0 Å². The number of carbonyl (C=O) groups excluding carboxylic acids is 1. The molecule has 0 saturated carbocycles. The summed E-state index contributed by atoms with van der Waals surface area (Å²) < 4.78 is 0. The Balaban J connectivity index is 2.49. The molecule has 0 N–H and O–H groups in total. The minimum absolute atomic E-state index is 0.0756. The smallest absolute Gasteiger partial charge is 0.246 e. The van der Waals surface area contributed by atoms with E-state index in [1.165, 1.54) is 6.08 Å². The van der Waals surface area contributed by atoms with E-state index in [-0.39, 0.29) is 11.8 Å². The Morgan fingerprint density at radius 1 is 1.75 bits per heavy atom. The molecule has 0 aromatic carbocycles. The van der Waals surface area contributed by atoms with Gasteiger partial charge in [-0.2, -0.15) is 16.6 Å². The summed E-state index contributed by atoms with van der Waals surface area (Å²) >= 11 is 1.59. The third-order valence-electron chi connectivity index (χ3n) is 2.11. The molecule has 1 rings (SSSR count). The van der Waals surface area contributed by atoms with Gasteiger partial charge in [-0.3, -0.25) is 4.79 Å². The molecule has 0 unspecified atom stereocenters. The lowest BCUT2D eigenvalue weighted by Crippen LogP contribution is -2.29. The van der Waals surface area contributed by atoms with E-state index in [0.29, 0.717) is 6.54 Å². The Hall–Kier alpha value is -1.60. The fraction of sp³-hybridized carbons (Fsp3) is 0.333. The highest BCUT2D eigenvalue weighted by Gasteiger charge is 2.08. The van der Waals surface area contributed by atoms with Crippen LogP contribution in [-0.4, -0.2) is 24.4 Å². The van der Waals surface area contributed by atoms with Crippen LogP contribution in [0.4, 0.5) is 0 Å². The van der Waals surface area contributed by atoms with E-state index in [0.717, 1.165) is 5.56 Å². The topological polar surface area (TPSA) is 44.1 Å². The van der Waals surface area contributed by atoms with Crippen molar-refractivity contribution in [2.45, 2.75) is 6.92 Å². The molecule has 1 aromatic heterocycles. The van der Waals surface area contributed by atoms with Crippen molar-refractivity contribution in [2.75, 3.05) is 13.6 Å². The number of rotatable bonds is 4. The summed E-state index contributed by atoms with van der Waals surface area (Å²) in [6.45, 7) is 2.26. The van der Waals surface area contributed by atoms with Gasteiger partial charge in [-0.25, -0.2) is 0 Å². The van der Waals surface area contributed by atoms with Crippen LogP contribution in [0.2, 0.25) is 0 Å². The highest BCUT2D eigenvalue weighted by atomic mass is 32.1. The molecule has 1 amide bonds. The molecule has 16 heavy (non-hydrogen) atoms. The Morgan fingerprint density at radius 3 is 3.06 bits per heavy atom. The number of hydrogen-bond acceptors (Lipinski definition) is 3. The van der Waals surface area contributed by atoms with Gasteiger partial charge >= 0.3 is 0 Å². The zero-order valence-electron chi connectivity index (χ0n) is 9.38. The Labute approximate surface area is 99.6 Å². The Morgan fingerprint density at radius 2 is 2.50 bits per heavy atom. The quantitative estimate of drug-likeness (QED) is 0.751. The lowest BCUT2D eigenvalue weighted by atomic mass is 10.2. The Bertz CT molecular complexity index is 403. The number of carbonyl (C=O) groups is 1. The van der Waals surface area contributed by atoms with Gasteiger partial charge in [0.25, 0.3) is 0 Å². The SMILES string of the molecule is C[C@H](C#N)CN(C)C(=O)/C=C/c1ccsc1. The zero-order valence-corrected chi connectivity index (χ0v) is 10.2. The lowest BCUT2D eigenvalue weighted by molar-refractivity contribution is -0.125. The first-order valence-corrected chi connectivity index (χ1v) is 5.92. The first kappa shape index (κ1) is 12.5. The van der Waals surface area contributed by atoms with Crippen LogP contribution in [0.15, 0.2) is 22.9 Å². The summed E-state index contributed by atoms with van der Waals surface area (Å²) in [4.78, 5) is 13.2. The number of likely N-dealkylation sites (N-methyl/N-ethyl adjacent to an activating group) is 1. The molecule has 0 aliphatic carbocycles. The molecule has 0 aliphatic rings. The average molecular weight is 234 g/mol. The maximum atomic E-state index is 11.6. The van der Waals surface area contributed by atoms with Gasteiger partial charge in [0.2, 0.25) is 5.91 Å². The summed E-state index contributed by atoms with van der Waals surface area (Å²) in [7, 11) is 1.70. The minimum Gasteiger partial charge on any atom is -0.341 e. The standard InChI is InChI=1S/C12H14N2OS/c1-10(7-13)8-14(2)12(15)4-3-11-5-6-16-9-11/h3-6,9-10H,8H2,1-2H3/b4-3+/t10-/m1/s1. The van der Waals surface area contributed by atoms with Crippen LogP contribution >= 0.6 is 11.3 Å². The molecule has 0 saturated heterocycles. The summed E-state index contributed by atoms with van der Waals surface area (Å²) in [5, 5.41) is 12.6. The minimum atomic E-state index is -0.136. The molecule has 1 heterocycles. The largest absolute Gasteiger partial charge is 0.341 e. The van der Waals surface area contributed by atoms with E-state index >= 15 is 0 Å². The van der Waals surface area contributed by atoms with Crippen molar-refractivity contribution in [3.8, 4) is 6.07 Å². The summed E-state index contributed by atoms with van der Waals surface area (Å²) in [6, 6.07) is 4.05. The summed E-state index contributed by atoms with van der Waals surface area (Å²) in [5.41, 5.74) is 1.03. The third-order valence-corrected chi connectivity index (χ3v) is 2.81. The molecular formula is C12H14N2OS. The van der Waals surface area contributed by atoms with Crippen LogP contribution in [0.1, 0.15) is 12.5 Å². The Kier molecular flexibility index (Phi) is 4.74. The molecular weight excluding hydrogens is 220 g/mol. The van der Waals surface area contributed by atoms with E-state index in [9.17, 15) is 4.79 Å². The predicted octanol–water partition coefficient (Wildman–Crippen LogP) is 2.38. The second-order valence-electron chi connectivity index (χ2n) is 3.64. The lowest BCUT2D eigenvalue weighted by Gasteiger charge is -2.15. The third kappa shape index (κ3) is 3.87. The van der Waals surface area contributed by atoms with Gasteiger partial charge in [0.05, 0.1) is 12.0 Å². The van der Waals surface area contributed by atoms with E-state index in [2.05, 4.69) is 6.07 Å². The first-order valence-electron chi connectivity index (χ1n) is 4.98. The van der Waals surface area contributed by atoms with E-state index in [1.54, 1.807) is 36.3 Å². The number of hydrogen-bond donors (Lipinski definition) is 0. The zero-order chi connectivity index (χ0) is 12.0. The highest BCUT2D eigenvalue weighted by Crippen LogP contribution is 2.08. The number of nitriles is 1. The van der Waals surface area contributed by atoms with Crippen molar-refractivity contribution >= 4 is 23.3 Å². The average Bonchev–Trinajstić information content (AvgIpc) is 2.78. The van der Waals surface area contributed by atoms with Gasteiger partial charge in [-0.15, -0.1) is 0 Å². The van der Waals surface area contributed by atoms with Gasteiger partial charge in [0, 0.05) is 19.7 Å². The predicted molar refractivity (Wildman–Crippen MR) is 65.8 cm³/mol. The molecule has 0 fully saturated rings. The van der Waals surface area contributed by atoms with Crippen molar-refractivity contribution in [1.29, 1.82) is 5.26 Å². The molecule has 84 valence electrons. The van der Waals surface area contributed by atoms with Gasteiger partial charge in [-0.05, 0) is 35.4 Å². The van der Waals surface area contributed by atoms with Gasteiger partial charge < -0.3 is 4.90 Å². The van der Waals surface area contributed by atoms with Crippen molar-refractivity contribution in [1.82, 2.24) is 4.90 Å².